The molecule has 0 radical (unpaired) electrons. The Hall–Kier alpha value is -0.120. The summed E-state index contributed by atoms with van der Waals surface area (Å²) in [6, 6.07) is 0. The Morgan fingerprint density at radius 3 is 3.09 bits per heavy atom. The van der Waals surface area contributed by atoms with E-state index in [1.54, 1.807) is 0 Å². The van der Waals surface area contributed by atoms with Crippen LogP contribution in [0.15, 0.2) is 0 Å². The summed E-state index contributed by atoms with van der Waals surface area (Å²) in [7, 11) is 0. The molecule has 2 heterocycles. The molecule has 0 aromatic heterocycles. The molecule has 2 saturated heterocycles. The fraction of sp³-hybridized carbons (Fsp3) is 1.00. The zero-order chi connectivity index (χ0) is 7.68. The van der Waals surface area contributed by atoms with E-state index in [2.05, 4.69) is 0 Å². The fourth-order valence-electron chi connectivity index (χ4n) is 2.09. The molecule has 2 aliphatic rings. The Morgan fingerprint density at radius 2 is 2.27 bits per heavy atom. The topological polar surface area (TPSA) is 44.5 Å². The lowest BCUT2D eigenvalue weighted by Gasteiger charge is -2.26. The summed E-state index contributed by atoms with van der Waals surface area (Å²) < 4.78 is 10.9. The van der Waals surface area contributed by atoms with Crippen LogP contribution < -0.4 is 5.73 Å². The van der Waals surface area contributed by atoms with Gasteiger partial charge in [0.1, 0.15) is 0 Å². The van der Waals surface area contributed by atoms with Crippen LogP contribution >= 0.6 is 0 Å². The van der Waals surface area contributed by atoms with Crippen LogP contribution in [-0.2, 0) is 9.47 Å². The van der Waals surface area contributed by atoms with Crippen molar-refractivity contribution in [3.63, 3.8) is 0 Å². The van der Waals surface area contributed by atoms with Crippen molar-refractivity contribution < 1.29 is 9.47 Å². The predicted molar refractivity (Wildman–Crippen MR) is 41.2 cm³/mol. The SMILES string of the molecule is NC[C@@H]1OC[C@H]2COCC[C@H]21. The van der Waals surface area contributed by atoms with Crippen LogP contribution in [0, 0.1) is 11.8 Å². The second-order valence-electron chi connectivity index (χ2n) is 3.40. The minimum Gasteiger partial charge on any atom is -0.381 e. The molecule has 11 heavy (non-hydrogen) atoms. The fourth-order valence-corrected chi connectivity index (χ4v) is 2.09. The van der Waals surface area contributed by atoms with Crippen molar-refractivity contribution in [2.75, 3.05) is 26.4 Å². The molecule has 3 heteroatoms. The molecule has 0 aromatic rings. The highest BCUT2D eigenvalue weighted by Crippen LogP contribution is 2.32. The highest BCUT2D eigenvalue weighted by Gasteiger charge is 2.38. The summed E-state index contributed by atoms with van der Waals surface area (Å²) in [5.41, 5.74) is 5.57. The van der Waals surface area contributed by atoms with Crippen LogP contribution in [0.5, 0.6) is 0 Å². The van der Waals surface area contributed by atoms with Crippen LogP contribution in [0.2, 0.25) is 0 Å². The molecule has 2 N–H and O–H groups in total. The van der Waals surface area contributed by atoms with Crippen LogP contribution in [-0.4, -0.2) is 32.5 Å². The first-order valence-electron chi connectivity index (χ1n) is 4.31. The van der Waals surface area contributed by atoms with E-state index < -0.39 is 0 Å². The molecule has 0 saturated carbocycles. The van der Waals surface area contributed by atoms with Gasteiger partial charge in [-0.3, -0.25) is 0 Å². The summed E-state index contributed by atoms with van der Waals surface area (Å²) in [4.78, 5) is 0. The van der Waals surface area contributed by atoms with E-state index >= 15 is 0 Å². The van der Waals surface area contributed by atoms with Gasteiger partial charge in [-0.05, 0) is 12.3 Å². The van der Waals surface area contributed by atoms with Crippen LogP contribution in [0.1, 0.15) is 6.42 Å². The summed E-state index contributed by atoms with van der Waals surface area (Å²) in [6.45, 7) is 3.29. The monoisotopic (exact) mass is 157 g/mol. The van der Waals surface area contributed by atoms with Crippen molar-refractivity contribution >= 4 is 0 Å². The predicted octanol–water partition coefficient (Wildman–Crippen LogP) is -0.00340. The van der Waals surface area contributed by atoms with Gasteiger partial charge in [0.05, 0.1) is 19.3 Å². The third kappa shape index (κ3) is 1.28. The van der Waals surface area contributed by atoms with Crippen molar-refractivity contribution in [2.45, 2.75) is 12.5 Å². The van der Waals surface area contributed by atoms with Gasteiger partial charge in [-0.1, -0.05) is 0 Å². The van der Waals surface area contributed by atoms with Crippen LogP contribution in [0.25, 0.3) is 0 Å². The van der Waals surface area contributed by atoms with E-state index in [-0.39, 0.29) is 0 Å². The Bertz CT molecular complexity index is 134. The first kappa shape index (κ1) is 7.53. The Kier molecular flexibility index (Phi) is 2.11. The van der Waals surface area contributed by atoms with E-state index in [4.69, 9.17) is 15.2 Å². The molecule has 0 amide bonds. The number of nitrogens with two attached hydrogens (primary N) is 1. The lowest BCUT2D eigenvalue weighted by Crippen LogP contribution is -2.33. The van der Waals surface area contributed by atoms with Crippen molar-refractivity contribution in [1.82, 2.24) is 0 Å². The zero-order valence-electron chi connectivity index (χ0n) is 6.66. The van der Waals surface area contributed by atoms with Gasteiger partial charge in [-0.15, -0.1) is 0 Å². The average molecular weight is 157 g/mol. The lowest BCUT2D eigenvalue weighted by atomic mass is 9.87. The van der Waals surface area contributed by atoms with E-state index in [1.807, 2.05) is 0 Å². The standard InChI is InChI=1S/C8H15NO2/c9-3-8-7-1-2-10-4-6(7)5-11-8/h6-8H,1-5,9H2/t6-,7-,8+/m1/s1. The van der Waals surface area contributed by atoms with Gasteiger partial charge < -0.3 is 15.2 Å². The molecule has 2 fully saturated rings. The Morgan fingerprint density at radius 1 is 1.36 bits per heavy atom. The third-order valence-corrected chi connectivity index (χ3v) is 2.77. The maximum absolute atomic E-state index is 5.57. The summed E-state index contributed by atoms with van der Waals surface area (Å²) in [5.74, 6) is 1.30. The highest BCUT2D eigenvalue weighted by atomic mass is 16.5. The minimum atomic E-state index is 0.309. The normalized spacial score (nSPS) is 43.9. The first-order valence-corrected chi connectivity index (χ1v) is 4.31. The first-order chi connectivity index (χ1) is 5.42. The summed E-state index contributed by atoms with van der Waals surface area (Å²) in [5, 5.41) is 0. The summed E-state index contributed by atoms with van der Waals surface area (Å²) in [6.07, 6.45) is 1.44. The molecule has 0 bridgehead atoms. The van der Waals surface area contributed by atoms with Gasteiger partial charge in [0, 0.05) is 19.1 Å². The minimum absolute atomic E-state index is 0.309. The van der Waals surface area contributed by atoms with Gasteiger partial charge in [0.2, 0.25) is 0 Å². The van der Waals surface area contributed by atoms with Gasteiger partial charge in [-0.25, -0.2) is 0 Å². The Balaban J connectivity index is 1.98. The number of rotatable bonds is 1. The smallest absolute Gasteiger partial charge is 0.0730 e. The molecule has 3 atom stereocenters. The largest absolute Gasteiger partial charge is 0.381 e. The van der Waals surface area contributed by atoms with Gasteiger partial charge in [-0.2, -0.15) is 0 Å². The second-order valence-corrected chi connectivity index (χ2v) is 3.40. The molecule has 0 unspecified atom stereocenters. The molecular weight excluding hydrogens is 142 g/mol. The highest BCUT2D eigenvalue weighted by molar-refractivity contribution is 4.86. The number of hydrogen-bond donors (Lipinski definition) is 1. The Labute approximate surface area is 66.8 Å². The number of ether oxygens (including phenoxy) is 2. The van der Waals surface area contributed by atoms with Crippen molar-refractivity contribution in [1.29, 1.82) is 0 Å². The molecule has 0 aliphatic carbocycles. The third-order valence-electron chi connectivity index (χ3n) is 2.77. The van der Waals surface area contributed by atoms with E-state index in [1.165, 1.54) is 0 Å². The zero-order valence-corrected chi connectivity index (χ0v) is 6.66. The number of fused-ring (bicyclic) bond motifs is 1. The maximum Gasteiger partial charge on any atom is 0.0730 e. The van der Waals surface area contributed by atoms with E-state index in [9.17, 15) is 0 Å². The van der Waals surface area contributed by atoms with Crippen molar-refractivity contribution in [2.24, 2.45) is 17.6 Å². The van der Waals surface area contributed by atoms with Crippen molar-refractivity contribution in [3.8, 4) is 0 Å². The number of hydrogen-bond acceptors (Lipinski definition) is 3. The maximum atomic E-state index is 5.57. The lowest BCUT2D eigenvalue weighted by molar-refractivity contribution is 0.0297. The average Bonchev–Trinajstić information content (AvgIpc) is 2.47. The molecule has 3 nitrogen and oxygen atoms in total. The van der Waals surface area contributed by atoms with Gasteiger partial charge in [0.25, 0.3) is 0 Å². The van der Waals surface area contributed by atoms with Gasteiger partial charge >= 0.3 is 0 Å². The van der Waals surface area contributed by atoms with Crippen molar-refractivity contribution in [3.05, 3.63) is 0 Å². The van der Waals surface area contributed by atoms with E-state index in [0.29, 0.717) is 24.5 Å². The van der Waals surface area contributed by atoms with Crippen LogP contribution in [0.4, 0.5) is 0 Å². The molecular formula is C8H15NO2. The summed E-state index contributed by atoms with van der Waals surface area (Å²) >= 11 is 0. The van der Waals surface area contributed by atoms with Gasteiger partial charge in [0.15, 0.2) is 0 Å². The molecule has 64 valence electrons. The van der Waals surface area contributed by atoms with Crippen LogP contribution in [0.3, 0.4) is 0 Å². The molecule has 2 aliphatic heterocycles. The quantitative estimate of drug-likeness (QED) is 0.582. The molecule has 2 rings (SSSR count). The molecule has 0 aromatic carbocycles. The second kappa shape index (κ2) is 3.09. The molecule has 0 spiro atoms. The van der Waals surface area contributed by atoms with E-state index in [0.717, 1.165) is 26.2 Å².